The van der Waals surface area contributed by atoms with Crippen molar-refractivity contribution in [1.29, 1.82) is 0 Å². The van der Waals surface area contributed by atoms with Crippen molar-refractivity contribution in [2.45, 2.75) is 38.5 Å². The first kappa shape index (κ1) is 11.6. The Labute approximate surface area is 95.5 Å². The van der Waals surface area contributed by atoms with Gasteiger partial charge in [0.25, 0.3) is 0 Å². The fraction of sp³-hybridized carbons (Fsp3) is 0.667. The first-order chi connectivity index (χ1) is 7.83. The summed E-state index contributed by atoms with van der Waals surface area (Å²) in [7, 11) is 0. The molecule has 4 heteroatoms. The molecule has 1 atom stereocenters. The summed E-state index contributed by atoms with van der Waals surface area (Å²) in [5.74, 6) is 1.47. The van der Waals surface area contributed by atoms with Crippen molar-refractivity contribution in [2.24, 2.45) is 0 Å². The molecule has 1 unspecified atom stereocenters. The van der Waals surface area contributed by atoms with Crippen molar-refractivity contribution < 1.29 is 14.6 Å². The van der Waals surface area contributed by atoms with Gasteiger partial charge in [-0.2, -0.15) is 0 Å². The number of rotatable bonds is 4. The zero-order valence-corrected chi connectivity index (χ0v) is 9.43. The van der Waals surface area contributed by atoms with E-state index >= 15 is 0 Å². The Morgan fingerprint density at radius 1 is 1.25 bits per heavy atom. The molecule has 2 rings (SSSR count). The van der Waals surface area contributed by atoms with Crippen molar-refractivity contribution >= 4 is 0 Å². The minimum Gasteiger partial charge on any atom is -0.462 e. The number of piperidine rings is 1. The second kappa shape index (κ2) is 5.48. The normalized spacial score (nSPS) is 22.5. The van der Waals surface area contributed by atoms with Crippen LogP contribution in [-0.4, -0.2) is 34.3 Å². The molecule has 90 valence electrons. The van der Waals surface area contributed by atoms with E-state index in [4.69, 9.17) is 9.52 Å². The van der Waals surface area contributed by atoms with E-state index in [1.54, 1.807) is 6.07 Å². The summed E-state index contributed by atoms with van der Waals surface area (Å²) in [5, 5.41) is 18.2. The van der Waals surface area contributed by atoms with Gasteiger partial charge in [0.1, 0.15) is 18.1 Å². The van der Waals surface area contributed by atoms with E-state index in [2.05, 4.69) is 4.90 Å². The number of likely N-dealkylation sites (tertiary alicyclic amines) is 1. The molecule has 0 saturated carbocycles. The molecular weight excluding hydrogens is 206 g/mol. The molecular formula is C12H19NO3. The third kappa shape index (κ3) is 2.64. The standard InChI is InChI=1S/C12H19NO3/c14-8-10-3-1-2-6-13(10)7-11-4-5-12(9-15)16-11/h4-5,10,14-15H,1-3,6-9H2. The fourth-order valence-electron chi connectivity index (χ4n) is 2.27. The third-order valence-electron chi connectivity index (χ3n) is 3.19. The van der Waals surface area contributed by atoms with Gasteiger partial charge in [-0.3, -0.25) is 4.90 Å². The van der Waals surface area contributed by atoms with Gasteiger partial charge in [-0.1, -0.05) is 6.42 Å². The van der Waals surface area contributed by atoms with Gasteiger partial charge >= 0.3 is 0 Å². The quantitative estimate of drug-likeness (QED) is 0.806. The zero-order chi connectivity index (χ0) is 11.4. The van der Waals surface area contributed by atoms with E-state index in [0.717, 1.165) is 25.3 Å². The number of furan rings is 1. The smallest absolute Gasteiger partial charge is 0.129 e. The third-order valence-corrected chi connectivity index (χ3v) is 3.19. The van der Waals surface area contributed by atoms with Crippen LogP contribution in [0.2, 0.25) is 0 Å². The first-order valence-electron chi connectivity index (χ1n) is 5.87. The Balaban J connectivity index is 1.96. The SMILES string of the molecule is OCc1ccc(CN2CCCCC2CO)o1. The lowest BCUT2D eigenvalue weighted by Gasteiger charge is -2.33. The number of aliphatic hydroxyl groups excluding tert-OH is 2. The molecule has 1 aliphatic heterocycles. The Bertz CT molecular complexity index is 324. The molecule has 2 heterocycles. The van der Waals surface area contributed by atoms with Crippen LogP contribution in [0.3, 0.4) is 0 Å². The molecule has 16 heavy (non-hydrogen) atoms. The number of nitrogens with zero attached hydrogens (tertiary/aromatic N) is 1. The molecule has 1 saturated heterocycles. The number of hydrogen-bond donors (Lipinski definition) is 2. The largest absolute Gasteiger partial charge is 0.462 e. The molecule has 1 aliphatic rings. The first-order valence-corrected chi connectivity index (χ1v) is 5.87. The average molecular weight is 225 g/mol. The van der Waals surface area contributed by atoms with Crippen LogP contribution in [0, 0.1) is 0 Å². The van der Waals surface area contributed by atoms with Gasteiger partial charge in [0, 0.05) is 6.04 Å². The molecule has 4 nitrogen and oxygen atoms in total. The fourth-order valence-corrected chi connectivity index (χ4v) is 2.27. The summed E-state index contributed by atoms with van der Waals surface area (Å²) < 4.78 is 5.46. The minimum absolute atomic E-state index is 0.0522. The van der Waals surface area contributed by atoms with Gasteiger partial charge in [-0.25, -0.2) is 0 Å². The molecule has 1 aromatic heterocycles. The molecule has 0 aliphatic carbocycles. The predicted octanol–water partition coefficient (Wildman–Crippen LogP) is 1.12. The molecule has 0 radical (unpaired) electrons. The van der Waals surface area contributed by atoms with E-state index in [9.17, 15) is 5.11 Å². The molecule has 0 amide bonds. The van der Waals surface area contributed by atoms with Crippen LogP contribution < -0.4 is 0 Å². The van der Waals surface area contributed by atoms with Gasteiger partial charge in [0.05, 0.1) is 13.2 Å². The Hall–Kier alpha value is -0.840. The maximum absolute atomic E-state index is 9.28. The van der Waals surface area contributed by atoms with Crippen LogP contribution in [0.5, 0.6) is 0 Å². The highest BCUT2D eigenvalue weighted by molar-refractivity contribution is 5.06. The lowest BCUT2D eigenvalue weighted by molar-refractivity contribution is 0.0773. The second-order valence-electron chi connectivity index (χ2n) is 4.33. The molecule has 0 aromatic carbocycles. The molecule has 0 spiro atoms. The van der Waals surface area contributed by atoms with Crippen molar-refractivity contribution in [3.63, 3.8) is 0 Å². The van der Waals surface area contributed by atoms with E-state index in [0.29, 0.717) is 5.76 Å². The van der Waals surface area contributed by atoms with Gasteiger partial charge in [-0.05, 0) is 31.5 Å². The monoisotopic (exact) mass is 225 g/mol. The van der Waals surface area contributed by atoms with Crippen LogP contribution in [0.4, 0.5) is 0 Å². The van der Waals surface area contributed by atoms with Crippen LogP contribution >= 0.6 is 0 Å². The van der Waals surface area contributed by atoms with E-state index in [1.165, 1.54) is 12.8 Å². The van der Waals surface area contributed by atoms with E-state index in [-0.39, 0.29) is 19.3 Å². The van der Waals surface area contributed by atoms with Gasteiger partial charge < -0.3 is 14.6 Å². The zero-order valence-electron chi connectivity index (χ0n) is 9.43. The summed E-state index contributed by atoms with van der Waals surface area (Å²) in [6.45, 7) is 1.91. The van der Waals surface area contributed by atoms with Crippen LogP contribution in [0.15, 0.2) is 16.5 Å². The van der Waals surface area contributed by atoms with Crippen LogP contribution in [-0.2, 0) is 13.2 Å². The Morgan fingerprint density at radius 3 is 2.75 bits per heavy atom. The molecule has 1 fully saturated rings. The van der Waals surface area contributed by atoms with E-state index in [1.807, 2.05) is 6.07 Å². The number of hydrogen-bond acceptors (Lipinski definition) is 4. The summed E-state index contributed by atoms with van der Waals surface area (Å²) >= 11 is 0. The molecule has 1 aromatic rings. The lowest BCUT2D eigenvalue weighted by Crippen LogP contribution is -2.41. The number of aliphatic hydroxyl groups is 2. The molecule has 2 N–H and O–H groups in total. The van der Waals surface area contributed by atoms with Crippen molar-refractivity contribution in [3.8, 4) is 0 Å². The maximum atomic E-state index is 9.28. The van der Waals surface area contributed by atoms with Crippen molar-refractivity contribution in [2.75, 3.05) is 13.2 Å². The maximum Gasteiger partial charge on any atom is 0.129 e. The van der Waals surface area contributed by atoms with Gasteiger partial charge in [-0.15, -0.1) is 0 Å². The van der Waals surface area contributed by atoms with Gasteiger partial charge in [0.15, 0.2) is 0 Å². The summed E-state index contributed by atoms with van der Waals surface area (Å²) in [4.78, 5) is 2.25. The topological polar surface area (TPSA) is 56.8 Å². The van der Waals surface area contributed by atoms with E-state index < -0.39 is 0 Å². The second-order valence-corrected chi connectivity index (χ2v) is 4.33. The Morgan fingerprint density at radius 2 is 2.06 bits per heavy atom. The highest BCUT2D eigenvalue weighted by Crippen LogP contribution is 2.20. The predicted molar refractivity (Wildman–Crippen MR) is 59.8 cm³/mol. The van der Waals surface area contributed by atoms with Crippen LogP contribution in [0.25, 0.3) is 0 Å². The van der Waals surface area contributed by atoms with Crippen LogP contribution in [0.1, 0.15) is 30.8 Å². The van der Waals surface area contributed by atoms with Crippen molar-refractivity contribution in [1.82, 2.24) is 4.90 Å². The average Bonchev–Trinajstić information content (AvgIpc) is 2.77. The lowest BCUT2D eigenvalue weighted by atomic mass is 10.0. The summed E-state index contributed by atoms with van der Waals surface area (Å²) in [5.41, 5.74) is 0. The highest BCUT2D eigenvalue weighted by Gasteiger charge is 2.22. The molecule has 0 bridgehead atoms. The summed E-state index contributed by atoms with van der Waals surface area (Å²) in [6, 6.07) is 3.96. The highest BCUT2D eigenvalue weighted by atomic mass is 16.4. The summed E-state index contributed by atoms with van der Waals surface area (Å²) in [6.07, 6.45) is 3.44. The van der Waals surface area contributed by atoms with Crippen molar-refractivity contribution in [3.05, 3.63) is 23.7 Å². The van der Waals surface area contributed by atoms with Gasteiger partial charge in [0.2, 0.25) is 0 Å². The minimum atomic E-state index is -0.0522. The Kier molecular flexibility index (Phi) is 3.98.